The van der Waals surface area contributed by atoms with Gasteiger partial charge >= 0.3 is 6.18 Å². The number of nitrogens with zero attached hydrogens (tertiary/aromatic N) is 4. The molecule has 2 heterocycles. The number of alkyl halides is 3. The first-order valence-electron chi connectivity index (χ1n) is 9.79. The average Bonchev–Trinajstić information content (AvgIpc) is 3.24. The van der Waals surface area contributed by atoms with Crippen LogP contribution in [0.5, 0.6) is 0 Å². The minimum atomic E-state index is -4.34. The zero-order chi connectivity index (χ0) is 22.0. The summed E-state index contributed by atoms with van der Waals surface area (Å²) >= 11 is 0. The van der Waals surface area contributed by atoms with Crippen LogP contribution in [0.4, 0.5) is 17.6 Å². The predicted octanol–water partition coefficient (Wildman–Crippen LogP) is 3.99. The van der Waals surface area contributed by atoms with Crippen LogP contribution in [0.1, 0.15) is 21.6 Å². The van der Waals surface area contributed by atoms with Gasteiger partial charge in [0, 0.05) is 38.9 Å². The molecule has 5 nitrogen and oxygen atoms in total. The number of carbonyl (C=O) groups excluding carboxylic acids is 1. The molecule has 1 aromatic heterocycles. The van der Waals surface area contributed by atoms with Crippen LogP contribution in [-0.4, -0.2) is 51.7 Å². The predicted molar refractivity (Wildman–Crippen MR) is 106 cm³/mol. The van der Waals surface area contributed by atoms with Crippen molar-refractivity contribution in [3.63, 3.8) is 0 Å². The highest BCUT2D eigenvalue weighted by atomic mass is 19.4. The minimum Gasteiger partial charge on any atom is -0.335 e. The summed E-state index contributed by atoms with van der Waals surface area (Å²) < 4.78 is 52.9. The van der Waals surface area contributed by atoms with Crippen LogP contribution in [-0.2, 0) is 12.7 Å². The number of amides is 1. The lowest BCUT2D eigenvalue weighted by Gasteiger charge is -2.34. The lowest BCUT2D eigenvalue weighted by atomic mass is 10.1. The van der Waals surface area contributed by atoms with E-state index in [4.69, 9.17) is 0 Å². The molecule has 0 bridgehead atoms. The van der Waals surface area contributed by atoms with Crippen LogP contribution < -0.4 is 0 Å². The van der Waals surface area contributed by atoms with Crippen molar-refractivity contribution in [3.05, 3.63) is 83.4 Å². The number of carbonyl (C=O) groups is 1. The molecule has 2 aromatic carbocycles. The summed E-state index contributed by atoms with van der Waals surface area (Å²) in [6.07, 6.45) is -2.73. The Morgan fingerprint density at radius 2 is 1.68 bits per heavy atom. The Hall–Kier alpha value is -3.20. The smallest absolute Gasteiger partial charge is 0.335 e. The van der Waals surface area contributed by atoms with E-state index in [0.717, 1.165) is 17.7 Å². The van der Waals surface area contributed by atoms with Gasteiger partial charge in [0.15, 0.2) is 5.69 Å². The molecular formula is C22H20F4N4O. The zero-order valence-corrected chi connectivity index (χ0v) is 16.5. The van der Waals surface area contributed by atoms with Crippen molar-refractivity contribution in [1.82, 2.24) is 19.6 Å². The van der Waals surface area contributed by atoms with Crippen molar-refractivity contribution in [3.8, 4) is 5.69 Å². The first kappa shape index (κ1) is 21.0. The molecule has 0 N–H and O–H groups in total. The third-order valence-electron chi connectivity index (χ3n) is 5.23. The summed E-state index contributed by atoms with van der Waals surface area (Å²) in [7, 11) is 0. The second-order valence-electron chi connectivity index (χ2n) is 7.39. The van der Waals surface area contributed by atoms with Crippen LogP contribution in [0.15, 0.2) is 60.8 Å². The first-order chi connectivity index (χ1) is 14.8. The maximum atomic E-state index is 13.4. The zero-order valence-electron chi connectivity index (χ0n) is 16.5. The van der Waals surface area contributed by atoms with Crippen LogP contribution in [0.2, 0.25) is 0 Å². The maximum absolute atomic E-state index is 13.4. The van der Waals surface area contributed by atoms with Gasteiger partial charge in [0.05, 0.1) is 11.3 Å². The molecule has 0 aliphatic carbocycles. The van der Waals surface area contributed by atoms with E-state index in [9.17, 15) is 22.4 Å². The quantitative estimate of drug-likeness (QED) is 0.586. The molecule has 3 aromatic rings. The molecule has 4 rings (SSSR count). The van der Waals surface area contributed by atoms with Gasteiger partial charge in [0.2, 0.25) is 0 Å². The van der Waals surface area contributed by atoms with Crippen LogP contribution in [0.3, 0.4) is 0 Å². The molecular weight excluding hydrogens is 412 g/mol. The third-order valence-corrected chi connectivity index (χ3v) is 5.23. The molecule has 0 atom stereocenters. The SMILES string of the molecule is O=C(c1ccn(-c2cccc(F)c2)n1)N1CCN(Cc2ccc(C(F)(F)F)cc2)CC1. The molecule has 31 heavy (non-hydrogen) atoms. The monoisotopic (exact) mass is 432 g/mol. The van der Waals surface area contributed by atoms with Crippen molar-refractivity contribution in [2.75, 3.05) is 26.2 Å². The normalized spacial score (nSPS) is 15.3. The van der Waals surface area contributed by atoms with E-state index < -0.39 is 11.7 Å². The highest BCUT2D eigenvalue weighted by molar-refractivity contribution is 5.92. The summed E-state index contributed by atoms with van der Waals surface area (Å²) in [5.74, 6) is -0.589. The van der Waals surface area contributed by atoms with Crippen molar-refractivity contribution in [1.29, 1.82) is 0 Å². The Labute approximate surface area is 176 Å². The summed E-state index contributed by atoms with van der Waals surface area (Å²) in [6.45, 7) is 2.72. The molecule has 1 amide bonds. The van der Waals surface area contributed by atoms with E-state index in [1.807, 2.05) is 0 Å². The summed E-state index contributed by atoms with van der Waals surface area (Å²) in [5, 5.41) is 4.26. The number of benzene rings is 2. The second-order valence-corrected chi connectivity index (χ2v) is 7.39. The van der Waals surface area contributed by atoms with E-state index in [2.05, 4.69) is 10.00 Å². The van der Waals surface area contributed by atoms with Gasteiger partial charge in [-0.1, -0.05) is 18.2 Å². The van der Waals surface area contributed by atoms with E-state index >= 15 is 0 Å². The summed E-state index contributed by atoms with van der Waals surface area (Å²) in [4.78, 5) is 16.5. The van der Waals surface area contributed by atoms with Crippen LogP contribution in [0.25, 0.3) is 5.69 Å². The van der Waals surface area contributed by atoms with Gasteiger partial charge in [-0.3, -0.25) is 9.69 Å². The molecule has 162 valence electrons. The molecule has 1 aliphatic rings. The van der Waals surface area contributed by atoms with E-state index in [0.29, 0.717) is 38.4 Å². The van der Waals surface area contributed by atoms with E-state index in [1.54, 1.807) is 29.3 Å². The van der Waals surface area contributed by atoms with Crippen molar-refractivity contribution >= 4 is 5.91 Å². The second kappa shape index (κ2) is 8.50. The number of rotatable bonds is 4. The van der Waals surface area contributed by atoms with Crippen LogP contribution >= 0.6 is 0 Å². The highest BCUT2D eigenvalue weighted by Crippen LogP contribution is 2.29. The van der Waals surface area contributed by atoms with Crippen molar-refractivity contribution in [2.45, 2.75) is 12.7 Å². The summed E-state index contributed by atoms with van der Waals surface area (Å²) in [5.41, 5.74) is 0.937. The molecule has 1 fully saturated rings. The lowest BCUT2D eigenvalue weighted by Crippen LogP contribution is -2.48. The fourth-order valence-electron chi connectivity index (χ4n) is 3.53. The van der Waals surface area contributed by atoms with Crippen LogP contribution in [0, 0.1) is 5.82 Å². The van der Waals surface area contributed by atoms with Gasteiger partial charge < -0.3 is 4.90 Å². The van der Waals surface area contributed by atoms with Crippen molar-refractivity contribution < 1.29 is 22.4 Å². The molecule has 0 unspecified atom stereocenters. The fourth-order valence-corrected chi connectivity index (χ4v) is 3.53. The largest absolute Gasteiger partial charge is 0.416 e. The number of hydrogen-bond donors (Lipinski definition) is 0. The molecule has 1 saturated heterocycles. The number of halogens is 4. The minimum absolute atomic E-state index is 0.204. The van der Waals surface area contributed by atoms with Gasteiger partial charge in [-0.05, 0) is 42.0 Å². The van der Waals surface area contributed by atoms with Crippen molar-refractivity contribution in [2.24, 2.45) is 0 Å². The topological polar surface area (TPSA) is 41.4 Å². The Morgan fingerprint density at radius 1 is 0.968 bits per heavy atom. The van der Waals surface area contributed by atoms with Gasteiger partial charge in [-0.2, -0.15) is 18.3 Å². The Morgan fingerprint density at radius 3 is 2.32 bits per heavy atom. The number of aromatic nitrogens is 2. The number of hydrogen-bond acceptors (Lipinski definition) is 3. The Balaban J connectivity index is 1.33. The molecule has 9 heteroatoms. The fraction of sp³-hybridized carbons (Fsp3) is 0.273. The standard InChI is InChI=1S/C22H20F4N4O/c23-18-2-1-3-19(14-18)30-9-8-20(27-30)21(31)29-12-10-28(11-13-29)15-16-4-6-17(7-5-16)22(24,25)26/h1-9,14H,10-13,15H2. The van der Waals surface area contributed by atoms with E-state index in [-0.39, 0.29) is 17.4 Å². The van der Waals surface area contributed by atoms with Gasteiger partial charge in [0.1, 0.15) is 5.82 Å². The highest BCUT2D eigenvalue weighted by Gasteiger charge is 2.30. The van der Waals surface area contributed by atoms with Gasteiger partial charge in [-0.15, -0.1) is 0 Å². The third kappa shape index (κ3) is 4.93. The van der Waals surface area contributed by atoms with Gasteiger partial charge in [0.25, 0.3) is 5.91 Å². The molecule has 1 aliphatic heterocycles. The summed E-state index contributed by atoms with van der Waals surface area (Å²) in [6, 6.07) is 12.7. The maximum Gasteiger partial charge on any atom is 0.416 e. The van der Waals surface area contributed by atoms with E-state index in [1.165, 1.54) is 28.9 Å². The van der Waals surface area contributed by atoms with Gasteiger partial charge in [-0.25, -0.2) is 9.07 Å². The Kier molecular flexibility index (Phi) is 5.77. The molecule has 0 spiro atoms. The average molecular weight is 432 g/mol. The first-order valence-corrected chi connectivity index (χ1v) is 9.79. The number of piperazine rings is 1. The molecule has 0 saturated carbocycles. The molecule has 0 radical (unpaired) electrons. The Bertz CT molecular complexity index is 1050. The lowest BCUT2D eigenvalue weighted by molar-refractivity contribution is -0.137.